The molecule has 0 unspecified atom stereocenters. The number of carbonyl (C=O) groups is 1. The van der Waals surface area contributed by atoms with Gasteiger partial charge in [0, 0.05) is 12.6 Å². The van der Waals surface area contributed by atoms with Crippen molar-refractivity contribution in [3.8, 4) is 0 Å². The van der Waals surface area contributed by atoms with Gasteiger partial charge in [-0.05, 0) is 25.7 Å². The van der Waals surface area contributed by atoms with Gasteiger partial charge in [-0.15, -0.1) is 0 Å². The Morgan fingerprint density at radius 3 is 2.75 bits per heavy atom. The van der Waals surface area contributed by atoms with Crippen LogP contribution in [0.2, 0.25) is 0 Å². The Bertz CT molecular complexity index is 171. The summed E-state index contributed by atoms with van der Waals surface area (Å²) < 4.78 is 5.13. The second kappa shape index (κ2) is 4.93. The highest BCUT2D eigenvalue weighted by molar-refractivity contribution is 5.82. The number of carbonyl (C=O) groups excluding carboxylic acids is 1. The topological polar surface area (TPSA) is 52.3 Å². The first-order chi connectivity index (χ1) is 5.83. The molecule has 1 rings (SSSR count). The summed E-state index contributed by atoms with van der Waals surface area (Å²) in [6, 6.07) is 0. The molecule has 1 saturated carbocycles. The minimum absolute atomic E-state index is 0.153. The molecule has 12 heavy (non-hydrogen) atoms. The van der Waals surface area contributed by atoms with Crippen LogP contribution in [0.15, 0.2) is 12.2 Å². The van der Waals surface area contributed by atoms with E-state index in [0.29, 0.717) is 6.54 Å². The highest BCUT2D eigenvalue weighted by Gasteiger charge is 2.17. The Kier molecular flexibility index (Phi) is 3.80. The van der Waals surface area contributed by atoms with Gasteiger partial charge in [-0.25, -0.2) is 4.79 Å². The summed E-state index contributed by atoms with van der Waals surface area (Å²) in [4.78, 5) is 11.0. The third-order valence-electron chi connectivity index (χ3n) is 1.98. The average Bonchev–Trinajstić information content (AvgIpc) is 2.53. The maximum atomic E-state index is 11.0. The molecule has 1 aliphatic carbocycles. The summed E-state index contributed by atoms with van der Waals surface area (Å²) in [7, 11) is 0. The van der Waals surface area contributed by atoms with Crippen molar-refractivity contribution in [1.29, 1.82) is 0 Å². The molecular formula is C9H15NO2. The molecule has 0 spiro atoms. The largest absolute Gasteiger partial charge is 0.459 e. The first-order valence-corrected chi connectivity index (χ1v) is 4.40. The summed E-state index contributed by atoms with van der Waals surface area (Å²) in [5.41, 5.74) is 5.19. The van der Waals surface area contributed by atoms with Crippen molar-refractivity contribution in [1.82, 2.24) is 0 Å². The second-order valence-corrected chi connectivity index (χ2v) is 2.98. The second-order valence-electron chi connectivity index (χ2n) is 2.98. The van der Waals surface area contributed by atoms with Crippen molar-refractivity contribution >= 4 is 5.97 Å². The molecule has 0 saturated heterocycles. The Balaban J connectivity index is 2.20. The predicted octanol–water partition coefficient (Wildman–Crippen LogP) is 0.987. The molecule has 0 bridgehead atoms. The quantitative estimate of drug-likeness (QED) is 0.506. The summed E-state index contributed by atoms with van der Waals surface area (Å²) in [6.45, 7) is 0.389. The van der Waals surface area contributed by atoms with E-state index in [-0.39, 0.29) is 12.1 Å². The first kappa shape index (κ1) is 9.26. The number of ether oxygens (including phenoxy) is 1. The molecule has 0 aromatic carbocycles. The molecule has 1 fully saturated rings. The van der Waals surface area contributed by atoms with Gasteiger partial charge < -0.3 is 10.5 Å². The van der Waals surface area contributed by atoms with Crippen LogP contribution in [0.5, 0.6) is 0 Å². The van der Waals surface area contributed by atoms with Crippen LogP contribution in [0, 0.1) is 0 Å². The van der Waals surface area contributed by atoms with Crippen LogP contribution in [0.1, 0.15) is 25.7 Å². The third-order valence-corrected chi connectivity index (χ3v) is 1.98. The van der Waals surface area contributed by atoms with Gasteiger partial charge in [-0.2, -0.15) is 0 Å². The zero-order chi connectivity index (χ0) is 8.81. The molecule has 0 aromatic rings. The van der Waals surface area contributed by atoms with Crippen molar-refractivity contribution in [2.75, 3.05) is 6.54 Å². The monoisotopic (exact) mass is 169 g/mol. The molecule has 68 valence electrons. The lowest BCUT2D eigenvalue weighted by Crippen LogP contribution is -2.12. The van der Waals surface area contributed by atoms with Gasteiger partial charge in [-0.1, -0.05) is 6.08 Å². The summed E-state index contributed by atoms with van der Waals surface area (Å²) in [5.74, 6) is -0.257. The fraction of sp³-hybridized carbons (Fsp3) is 0.667. The number of rotatable bonds is 3. The highest BCUT2D eigenvalue weighted by Crippen LogP contribution is 2.20. The van der Waals surface area contributed by atoms with Crippen molar-refractivity contribution in [3.05, 3.63) is 12.2 Å². The SMILES string of the molecule is NCC=CC(=O)OC1CCCC1. The Labute approximate surface area is 72.6 Å². The van der Waals surface area contributed by atoms with Gasteiger partial charge in [0.25, 0.3) is 0 Å². The summed E-state index contributed by atoms with van der Waals surface area (Å²) in [6.07, 6.45) is 7.55. The normalized spacial score (nSPS) is 18.8. The van der Waals surface area contributed by atoms with E-state index >= 15 is 0 Å². The molecule has 0 atom stereocenters. The van der Waals surface area contributed by atoms with Crippen LogP contribution >= 0.6 is 0 Å². The van der Waals surface area contributed by atoms with Crippen LogP contribution in [0.4, 0.5) is 0 Å². The molecule has 2 N–H and O–H groups in total. The van der Waals surface area contributed by atoms with Gasteiger partial charge in [0.1, 0.15) is 6.10 Å². The van der Waals surface area contributed by atoms with Crippen LogP contribution in [0.3, 0.4) is 0 Å². The summed E-state index contributed by atoms with van der Waals surface area (Å²) in [5, 5.41) is 0. The predicted molar refractivity (Wildman–Crippen MR) is 46.5 cm³/mol. The molecule has 0 radical (unpaired) electrons. The van der Waals surface area contributed by atoms with E-state index in [0.717, 1.165) is 12.8 Å². The zero-order valence-corrected chi connectivity index (χ0v) is 7.16. The third kappa shape index (κ3) is 3.05. The van der Waals surface area contributed by atoms with Crippen LogP contribution < -0.4 is 5.73 Å². The van der Waals surface area contributed by atoms with Crippen molar-refractivity contribution in [2.45, 2.75) is 31.8 Å². The molecule has 1 aliphatic rings. The fourth-order valence-electron chi connectivity index (χ4n) is 1.37. The van der Waals surface area contributed by atoms with Crippen molar-refractivity contribution < 1.29 is 9.53 Å². The van der Waals surface area contributed by atoms with E-state index in [9.17, 15) is 4.79 Å². The molecule has 0 heterocycles. The maximum Gasteiger partial charge on any atom is 0.330 e. The molecule has 3 nitrogen and oxygen atoms in total. The van der Waals surface area contributed by atoms with E-state index in [2.05, 4.69) is 0 Å². The number of hydrogen-bond donors (Lipinski definition) is 1. The van der Waals surface area contributed by atoms with E-state index in [1.54, 1.807) is 6.08 Å². The van der Waals surface area contributed by atoms with E-state index in [1.165, 1.54) is 18.9 Å². The van der Waals surface area contributed by atoms with E-state index in [1.807, 2.05) is 0 Å². The number of nitrogens with two attached hydrogens (primary N) is 1. The lowest BCUT2D eigenvalue weighted by molar-refractivity contribution is -0.142. The minimum atomic E-state index is -0.257. The summed E-state index contributed by atoms with van der Waals surface area (Å²) >= 11 is 0. The van der Waals surface area contributed by atoms with Crippen molar-refractivity contribution in [2.24, 2.45) is 5.73 Å². The Morgan fingerprint density at radius 2 is 2.17 bits per heavy atom. The Morgan fingerprint density at radius 1 is 1.50 bits per heavy atom. The molecular weight excluding hydrogens is 154 g/mol. The molecule has 3 heteroatoms. The fourth-order valence-corrected chi connectivity index (χ4v) is 1.37. The highest BCUT2D eigenvalue weighted by atomic mass is 16.5. The van der Waals surface area contributed by atoms with E-state index in [4.69, 9.17) is 10.5 Å². The molecule has 0 amide bonds. The van der Waals surface area contributed by atoms with Gasteiger partial charge >= 0.3 is 5.97 Å². The van der Waals surface area contributed by atoms with Gasteiger partial charge in [0.15, 0.2) is 0 Å². The van der Waals surface area contributed by atoms with Crippen LogP contribution in [-0.2, 0) is 9.53 Å². The maximum absolute atomic E-state index is 11.0. The number of hydrogen-bond acceptors (Lipinski definition) is 3. The van der Waals surface area contributed by atoms with Crippen molar-refractivity contribution in [3.63, 3.8) is 0 Å². The standard InChI is InChI=1S/C9H15NO2/c10-7-3-6-9(11)12-8-4-1-2-5-8/h3,6,8H,1-2,4-5,7,10H2. The minimum Gasteiger partial charge on any atom is -0.459 e. The van der Waals surface area contributed by atoms with Gasteiger partial charge in [0.2, 0.25) is 0 Å². The lowest BCUT2D eigenvalue weighted by atomic mass is 10.3. The first-order valence-electron chi connectivity index (χ1n) is 4.40. The van der Waals surface area contributed by atoms with Gasteiger partial charge in [-0.3, -0.25) is 0 Å². The Hall–Kier alpha value is -0.830. The zero-order valence-electron chi connectivity index (χ0n) is 7.16. The molecule has 0 aromatic heterocycles. The number of esters is 1. The average molecular weight is 169 g/mol. The molecule has 0 aliphatic heterocycles. The van der Waals surface area contributed by atoms with Gasteiger partial charge in [0.05, 0.1) is 0 Å². The van der Waals surface area contributed by atoms with Crippen LogP contribution in [-0.4, -0.2) is 18.6 Å². The van der Waals surface area contributed by atoms with Crippen LogP contribution in [0.25, 0.3) is 0 Å². The lowest BCUT2D eigenvalue weighted by Gasteiger charge is -2.08. The van der Waals surface area contributed by atoms with E-state index < -0.39 is 0 Å². The smallest absolute Gasteiger partial charge is 0.330 e.